The molecule has 0 unspecified atom stereocenters. The number of aromatic carboxylic acids is 1. The Morgan fingerprint density at radius 1 is 1.14 bits per heavy atom. The molecule has 1 aromatic heterocycles. The van der Waals surface area contributed by atoms with Gasteiger partial charge in [0.25, 0.3) is 0 Å². The van der Waals surface area contributed by atoms with E-state index in [9.17, 15) is 9.90 Å². The molecule has 0 radical (unpaired) electrons. The van der Waals surface area contributed by atoms with Crippen molar-refractivity contribution in [2.75, 3.05) is 0 Å². The Bertz CT molecular complexity index is 683. The number of carboxylic acids is 1. The maximum Gasteiger partial charge on any atom is 0.338 e. The van der Waals surface area contributed by atoms with Crippen molar-refractivity contribution in [2.45, 2.75) is 66.3 Å². The van der Waals surface area contributed by atoms with Crippen LogP contribution in [0.4, 0.5) is 0 Å². The van der Waals surface area contributed by atoms with Gasteiger partial charge in [-0.1, -0.05) is 38.8 Å². The molecule has 0 saturated heterocycles. The van der Waals surface area contributed by atoms with Crippen LogP contribution in [0.3, 0.4) is 0 Å². The summed E-state index contributed by atoms with van der Waals surface area (Å²) in [4.78, 5) is 11.8. The molecular formula is C19H27NO2. The van der Waals surface area contributed by atoms with Gasteiger partial charge in [0.2, 0.25) is 0 Å². The standard InChI is InChI=1S/C19H27NO2/c1-5-7-9-15-14(4)20(12-8-6-2)18-16(15)11-10-13(3)17(18)19(21)22/h10-11H,5-9,12H2,1-4H3,(H,21,22). The van der Waals surface area contributed by atoms with E-state index in [4.69, 9.17) is 0 Å². The Labute approximate surface area is 133 Å². The number of rotatable bonds is 7. The smallest absolute Gasteiger partial charge is 0.338 e. The fourth-order valence-corrected chi connectivity index (χ4v) is 3.28. The minimum Gasteiger partial charge on any atom is -0.478 e. The highest BCUT2D eigenvalue weighted by atomic mass is 16.4. The monoisotopic (exact) mass is 301 g/mol. The van der Waals surface area contributed by atoms with Crippen LogP contribution in [0, 0.1) is 13.8 Å². The molecule has 3 heteroatoms. The second kappa shape index (κ2) is 6.99. The van der Waals surface area contributed by atoms with Gasteiger partial charge in [0.05, 0.1) is 11.1 Å². The van der Waals surface area contributed by atoms with E-state index in [1.807, 2.05) is 13.0 Å². The third-order valence-corrected chi connectivity index (χ3v) is 4.55. The van der Waals surface area contributed by atoms with Crippen LogP contribution in [0.25, 0.3) is 10.9 Å². The van der Waals surface area contributed by atoms with Gasteiger partial charge in [-0.3, -0.25) is 0 Å². The molecule has 0 fully saturated rings. The van der Waals surface area contributed by atoms with Gasteiger partial charge < -0.3 is 9.67 Å². The maximum absolute atomic E-state index is 11.8. The number of unbranched alkanes of at least 4 members (excludes halogenated alkanes) is 2. The highest BCUT2D eigenvalue weighted by Gasteiger charge is 2.21. The average Bonchev–Trinajstić information content (AvgIpc) is 2.74. The van der Waals surface area contributed by atoms with E-state index in [1.165, 1.54) is 11.3 Å². The van der Waals surface area contributed by atoms with E-state index >= 15 is 0 Å². The second-order valence-corrected chi connectivity index (χ2v) is 6.13. The number of hydrogen-bond donors (Lipinski definition) is 1. The van der Waals surface area contributed by atoms with E-state index in [2.05, 4.69) is 31.4 Å². The molecule has 0 atom stereocenters. The van der Waals surface area contributed by atoms with Crippen molar-refractivity contribution in [3.63, 3.8) is 0 Å². The molecule has 0 spiro atoms. The van der Waals surface area contributed by atoms with Gasteiger partial charge in [-0.2, -0.15) is 0 Å². The summed E-state index contributed by atoms with van der Waals surface area (Å²) in [6.07, 6.45) is 5.51. The lowest BCUT2D eigenvalue weighted by Gasteiger charge is -2.11. The lowest BCUT2D eigenvalue weighted by atomic mass is 10.0. The molecule has 0 aliphatic carbocycles. The second-order valence-electron chi connectivity index (χ2n) is 6.13. The Morgan fingerprint density at radius 2 is 1.82 bits per heavy atom. The normalized spacial score (nSPS) is 11.3. The largest absolute Gasteiger partial charge is 0.478 e. The highest BCUT2D eigenvalue weighted by Crippen LogP contribution is 2.32. The minimum absolute atomic E-state index is 0.472. The summed E-state index contributed by atoms with van der Waals surface area (Å²) in [5.41, 5.74) is 4.81. The first-order chi connectivity index (χ1) is 10.5. The SMILES string of the molecule is CCCCc1c(C)n(CCCC)c2c(C(=O)O)c(C)ccc12. The van der Waals surface area contributed by atoms with Crippen molar-refractivity contribution in [3.05, 3.63) is 34.5 Å². The van der Waals surface area contributed by atoms with Gasteiger partial charge in [-0.25, -0.2) is 4.79 Å². The van der Waals surface area contributed by atoms with E-state index in [1.54, 1.807) is 0 Å². The number of fused-ring (bicyclic) bond motifs is 1. The van der Waals surface area contributed by atoms with Crippen LogP contribution in [-0.2, 0) is 13.0 Å². The molecule has 0 bridgehead atoms. The molecule has 1 N–H and O–H groups in total. The van der Waals surface area contributed by atoms with Crippen molar-refractivity contribution in [3.8, 4) is 0 Å². The quantitative estimate of drug-likeness (QED) is 0.773. The first-order valence-corrected chi connectivity index (χ1v) is 8.37. The Hall–Kier alpha value is -1.77. The summed E-state index contributed by atoms with van der Waals surface area (Å²) < 4.78 is 2.24. The van der Waals surface area contributed by atoms with Crippen molar-refractivity contribution in [1.82, 2.24) is 4.57 Å². The molecule has 0 aliphatic heterocycles. The predicted octanol–water partition coefficient (Wildman–Crippen LogP) is 5.10. The van der Waals surface area contributed by atoms with Crippen LogP contribution in [0.15, 0.2) is 12.1 Å². The van der Waals surface area contributed by atoms with Crippen molar-refractivity contribution in [1.29, 1.82) is 0 Å². The zero-order chi connectivity index (χ0) is 16.3. The third kappa shape index (κ3) is 2.90. The molecule has 1 aromatic carbocycles. The summed E-state index contributed by atoms with van der Waals surface area (Å²) in [5, 5.41) is 10.8. The number of hydrogen-bond acceptors (Lipinski definition) is 1. The fraction of sp³-hybridized carbons (Fsp3) is 0.526. The Balaban J connectivity index is 2.74. The summed E-state index contributed by atoms with van der Waals surface area (Å²) in [7, 11) is 0. The first kappa shape index (κ1) is 16.6. The van der Waals surface area contributed by atoms with E-state index in [-0.39, 0.29) is 0 Å². The lowest BCUT2D eigenvalue weighted by molar-refractivity contribution is 0.0698. The van der Waals surface area contributed by atoms with Gasteiger partial charge >= 0.3 is 5.97 Å². The maximum atomic E-state index is 11.8. The lowest BCUT2D eigenvalue weighted by Crippen LogP contribution is -2.07. The van der Waals surface area contributed by atoms with Crippen molar-refractivity contribution in [2.24, 2.45) is 0 Å². The van der Waals surface area contributed by atoms with Gasteiger partial charge in [0.15, 0.2) is 0 Å². The van der Waals surface area contributed by atoms with Crippen LogP contribution in [0.5, 0.6) is 0 Å². The van der Waals surface area contributed by atoms with Gasteiger partial charge in [-0.05, 0) is 44.2 Å². The number of carboxylic acid groups (broad SMARTS) is 1. The number of aryl methyl sites for hydroxylation is 3. The first-order valence-electron chi connectivity index (χ1n) is 8.37. The zero-order valence-corrected chi connectivity index (χ0v) is 14.2. The summed E-state index contributed by atoms with van der Waals surface area (Å²) >= 11 is 0. The van der Waals surface area contributed by atoms with Crippen LogP contribution in [0.1, 0.15) is 66.7 Å². The number of carbonyl (C=O) groups is 1. The summed E-state index contributed by atoms with van der Waals surface area (Å²) in [5.74, 6) is -0.819. The molecule has 1 heterocycles. The van der Waals surface area contributed by atoms with Crippen LogP contribution >= 0.6 is 0 Å². The van der Waals surface area contributed by atoms with Crippen LogP contribution < -0.4 is 0 Å². The molecule has 0 aliphatic rings. The van der Waals surface area contributed by atoms with Crippen LogP contribution in [0.2, 0.25) is 0 Å². The van der Waals surface area contributed by atoms with E-state index < -0.39 is 5.97 Å². The molecule has 2 aromatic rings. The van der Waals surface area contributed by atoms with Crippen molar-refractivity contribution >= 4 is 16.9 Å². The number of aromatic nitrogens is 1. The van der Waals surface area contributed by atoms with E-state index in [0.29, 0.717) is 5.56 Å². The number of benzene rings is 1. The molecule has 0 saturated carbocycles. The Morgan fingerprint density at radius 3 is 2.41 bits per heavy atom. The van der Waals surface area contributed by atoms with Gasteiger partial charge in [0.1, 0.15) is 0 Å². The topological polar surface area (TPSA) is 42.2 Å². The summed E-state index contributed by atoms with van der Waals surface area (Å²) in [6, 6.07) is 4.06. The van der Waals surface area contributed by atoms with Gasteiger partial charge in [-0.15, -0.1) is 0 Å². The van der Waals surface area contributed by atoms with Crippen molar-refractivity contribution < 1.29 is 9.90 Å². The summed E-state index contributed by atoms with van der Waals surface area (Å²) in [6.45, 7) is 9.29. The molecule has 120 valence electrons. The Kier molecular flexibility index (Phi) is 5.28. The van der Waals surface area contributed by atoms with Gasteiger partial charge in [0, 0.05) is 17.6 Å². The minimum atomic E-state index is -0.819. The predicted molar refractivity (Wildman–Crippen MR) is 91.9 cm³/mol. The average molecular weight is 301 g/mol. The fourth-order valence-electron chi connectivity index (χ4n) is 3.28. The van der Waals surface area contributed by atoms with Crippen LogP contribution in [-0.4, -0.2) is 15.6 Å². The molecule has 2 rings (SSSR count). The number of nitrogens with zero attached hydrogens (tertiary/aromatic N) is 1. The molecule has 0 amide bonds. The van der Waals surface area contributed by atoms with E-state index in [0.717, 1.165) is 55.1 Å². The molecule has 22 heavy (non-hydrogen) atoms. The molecular weight excluding hydrogens is 274 g/mol. The zero-order valence-electron chi connectivity index (χ0n) is 14.2. The third-order valence-electron chi connectivity index (χ3n) is 4.55. The molecule has 3 nitrogen and oxygen atoms in total. The highest BCUT2D eigenvalue weighted by molar-refractivity contribution is 6.05.